The van der Waals surface area contributed by atoms with E-state index < -0.39 is 11.9 Å². The molecule has 3 aromatic carbocycles. The zero-order valence-electron chi connectivity index (χ0n) is 23.1. The number of nitrogens with zero attached hydrogens (tertiary/aromatic N) is 2. The Kier molecular flexibility index (Phi) is 8.11. The maximum Gasteiger partial charge on any atom is 0.306 e. The lowest BCUT2D eigenvalue weighted by atomic mass is 10.1. The number of carboxylic acids is 1. The van der Waals surface area contributed by atoms with E-state index in [0.29, 0.717) is 24.6 Å². The number of halogens is 1. The smallest absolute Gasteiger partial charge is 0.306 e. The number of para-hydroxylation sites is 1. The van der Waals surface area contributed by atoms with E-state index in [1.54, 1.807) is 18.7 Å². The van der Waals surface area contributed by atoms with Crippen molar-refractivity contribution in [2.75, 3.05) is 0 Å². The molecule has 0 amide bonds. The Morgan fingerprint density at radius 1 is 1.05 bits per heavy atom. The van der Waals surface area contributed by atoms with Crippen molar-refractivity contribution in [3.05, 3.63) is 101 Å². The first kappa shape index (κ1) is 28.1. The molecule has 0 aliphatic heterocycles. The van der Waals surface area contributed by atoms with E-state index in [2.05, 4.69) is 43.5 Å². The van der Waals surface area contributed by atoms with E-state index in [9.17, 15) is 9.90 Å². The minimum atomic E-state index is -0.804. The van der Waals surface area contributed by atoms with E-state index in [1.165, 1.54) is 0 Å². The van der Waals surface area contributed by atoms with Crippen LogP contribution >= 0.6 is 23.4 Å². The van der Waals surface area contributed by atoms with E-state index in [-0.39, 0.29) is 4.75 Å². The molecule has 1 atom stereocenters. The van der Waals surface area contributed by atoms with Gasteiger partial charge in [0.05, 0.1) is 17.1 Å². The Labute approximate surface area is 244 Å². The summed E-state index contributed by atoms with van der Waals surface area (Å²) in [5.74, 6) is -0.580. The number of benzene rings is 3. The first-order chi connectivity index (χ1) is 19.1. The van der Waals surface area contributed by atoms with Gasteiger partial charge in [0.1, 0.15) is 12.4 Å². The number of aliphatic carboxylic acids is 1. The van der Waals surface area contributed by atoms with Crippen molar-refractivity contribution in [3.63, 3.8) is 0 Å². The third kappa shape index (κ3) is 6.45. The molecule has 0 saturated carbocycles. The summed E-state index contributed by atoms with van der Waals surface area (Å²) in [5.41, 5.74) is 4.97. The summed E-state index contributed by atoms with van der Waals surface area (Å²) in [6.07, 6.45) is 0.424. The average molecular weight is 573 g/mol. The van der Waals surface area contributed by atoms with Crippen LogP contribution in [0.2, 0.25) is 5.02 Å². The maximum atomic E-state index is 11.9. The molecular weight excluding hydrogens is 540 g/mol. The Balaban J connectivity index is 1.56. The van der Waals surface area contributed by atoms with Gasteiger partial charge in [-0.25, -0.2) is 4.98 Å². The number of aromatic nitrogens is 2. The van der Waals surface area contributed by atoms with Crippen molar-refractivity contribution in [2.24, 2.45) is 5.92 Å². The molecular formula is C33H33ClN2O3S. The molecule has 0 bridgehead atoms. The van der Waals surface area contributed by atoms with Crippen LogP contribution in [-0.2, 0) is 24.4 Å². The van der Waals surface area contributed by atoms with Crippen LogP contribution in [0.5, 0.6) is 5.75 Å². The third-order valence-corrected chi connectivity index (χ3v) is 8.24. The van der Waals surface area contributed by atoms with Gasteiger partial charge < -0.3 is 14.4 Å². The summed E-state index contributed by atoms with van der Waals surface area (Å²) in [4.78, 5) is 17.8. The lowest BCUT2D eigenvalue weighted by Crippen LogP contribution is -2.17. The summed E-state index contributed by atoms with van der Waals surface area (Å²) in [5, 5.41) is 12.6. The molecule has 0 aliphatic carbocycles. The summed E-state index contributed by atoms with van der Waals surface area (Å²) in [6, 6.07) is 26.1. The SMILES string of the molecule is CC(Cc1c(SC(C)(C)C)c2cc(OCc3ccc4ccccc4n3)ccc2n1Cc1ccc(Cl)cc1)C(=O)O. The van der Waals surface area contributed by atoms with Crippen LogP contribution in [0.4, 0.5) is 0 Å². The van der Waals surface area contributed by atoms with Crippen LogP contribution in [0.3, 0.4) is 0 Å². The molecule has 0 aliphatic rings. The molecule has 2 heterocycles. The van der Waals surface area contributed by atoms with Crippen LogP contribution in [0.15, 0.2) is 83.8 Å². The summed E-state index contributed by atoms with van der Waals surface area (Å²) < 4.78 is 8.42. The topological polar surface area (TPSA) is 64.4 Å². The molecule has 0 radical (unpaired) electrons. The normalized spacial score (nSPS) is 12.6. The van der Waals surface area contributed by atoms with Crippen LogP contribution in [0.25, 0.3) is 21.8 Å². The molecule has 0 fully saturated rings. The van der Waals surface area contributed by atoms with Crippen LogP contribution in [0.1, 0.15) is 44.6 Å². The van der Waals surface area contributed by atoms with Crippen molar-refractivity contribution < 1.29 is 14.6 Å². The molecule has 1 unspecified atom stereocenters. The molecule has 40 heavy (non-hydrogen) atoms. The van der Waals surface area contributed by atoms with E-state index in [0.717, 1.165) is 49.4 Å². The van der Waals surface area contributed by atoms with Crippen LogP contribution < -0.4 is 4.74 Å². The molecule has 5 nitrogen and oxygen atoms in total. The summed E-state index contributed by atoms with van der Waals surface area (Å²) >= 11 is 7.91. The maximum absolute atomic E-state index is 11.9. The van der Waals surface area contributed by atoms with Crippen molar-refractivity contribution in [3.8, 4) is 5.75 Å². The van der Waals surface area contributed by atoms with Crippen molar-refractivity contribution >= 4 is 51.1 Å². The standard InChI is InChI=1S/C33H33ClN2O3S/c1-21(32(37)38)17-30-31(40-33(2,3)4)27-18-26(39-20-25-14-11-23-7-5-6-8-28(23)35-25)15-16-29(27)36(30)19-22-9-12-24(34)13-10-22/h5-16,18,21H,17,19-20H2,1-4H3,(H,37,38). The number of hydrogen-bond acceptors (Lipinski definition) is 4. The molecule has 1 N–H and O–H groups in total. The molecule has 2 aromatic heterocycles. The van der Waals surface area contributed by atoms with Crippen LogP contribution in [0, 0.1) is 5.92 Å². The highest BCUT2D eigenvalue weighted by molar-refractivity contribution is 8.00. The number of rotatable bonds is 9. The van der Waals surface area contributed by atoms with Gasteiger partial charge in [-0.1, -0.05) is 75.7 Å². The second kappa shape index (κ2) is 11.6. The Bertz CT molecular complexity index is 1670. The lowest BCUT2D eigenvalue weighted by Gasteiger charge is -2.20. The molecule has 0 saturated heterocycles. The van der Waals surface area contributed by atoms with Gasteiger partial charge in [-0.2, -0.15) is 0 Å². The van der Waals surface area contributed by atoms with Gasteiger partial charge in [-0.3, -0.25) is 4.79 Å². The first-order valence-corrected chi connectivity index (χ1v) is 14.6. The predicted octanol–water partition coefficient (Wildman–Crippen LogP) is 8.62. The zero-order valence-corrected chi connectivity index (χ0v) is 24.7. The van der Waals surface area contributed by atoms with E-state index in [4.69, 9.17) is 21.3 Å². The number of pyridine rings is 1. The Morgan fingerprint density at radius 3 is 2.52 bits per heavy atom. The lowest BCUT2D eigenvalue weighted by molar-refractivity contribution is -0.141. The molecule has 5 rings (SSSR count). The second-order valence-corrected chi connectivity index (χ2v) is 13.4. The monoisotopic (exact) mass is 572 g/mol. The summed E-state index contributed by atoms with van der Waals surface area (Å²) in [7, 11) is 0. The van der Waals surface area contributed by atoms with Gasteiger partial charge in [0, 0.05) is 49.6 Å². The Morgan fingerprint density at radius 2 is 1.80 bits per heavy atom. The molecule has 0 spiro atoms. The van der Waals surface area contributed by atoms with Crippen molar-refractivity contribution in [2.45, 2.75) is 56.9 Å². The van der Waals surface area contributed by atoms with Crippen molar-refractivity contribution in [1.82, 2.24) is 9.55 Å². The molecule has 7 heteroatoms. The number of hydrogen-bond donors (Lipinski definition) is 1. The predicted molar refractivity (Wildman–Crippen MR) is 165 cm³/mol. The van der Waals surface area contributed by atoms with Gasteiger partial charge in [0.25, 0.3) is 0 Å². The first-order valence-electron chi connectivity index (χ1n) is 13.4. The van der Waals surface area contributed by atoms with E-state index in [1.807, 2.05) is 60.7 Å². The van der Waals surface area contributed by atoms with E-state index >= 15 is 0 Å². The fourth-order valence-electron chi connectivity index (χ4n) is 4.74. The highest BCUT2D eigenvalue weighted by atomic mass is 35.5. The number of carboxylic acid groups (broad SMARTS) is 1. The fourth-order valence-corrected chi connectivity index (χ4v) is 6.07. The van der Waals surface area contributed by atoms with Crippen LogP contribution in [-0.4, -0.2) is 25.4 Å². The van der Waals surface area contributed by atoms with Gasteiger partial charge in [-0.05, 0) is 48.0 Å². The number of ether oxygens (including phenoxy) is 1. The van der Waals surface area contributed by atoms with Gasteiger partial charge in [0.15, 0.2) is 0 Å². The third-order valence-electron chi connectivity index (χ3n) is 6.72. The highest BCUT2D eigenvalue weighted by Crippen LogP contribution is 2.43. The molecule has 206 valence electrons. The molecule has 5 aromatic rings. The second-order valence-electron chi connectivity index (χ2n) is 11.1. The largest absolute Gasteiger partial charge is 0.487 e. The highest BCUT2D eigenvalue weighted by Gasteiger charge is 2.26. The number of thioether (sulfide) groups is 1. The Hall–Kier alpha value is -3.48. The average Bonchev–Trinajstić information content (AvgIpc) is 3.18. The van der Waals surface area contributed by atoms with Gasteiger partial charge >= 0.3 is 5.97 Å². The van der Waals surface area contributed by atoms with Crippen molar-refractivity contribution in [1.29, 1.82) is 0 Å². The quantitative estimate of drug-likeness (QED) is 0.179. The number of fused-ring (bicyclic) bond motifs is 2. The minimum absolute atomic E-state index is 0.0769. The zero-order chi connectivity index (χ0) is 28.4. The van der Waals surface area contributed by atoms with Gasteiger partial charge in [0.2, 0.25) is 0 Å². The summed E-state index contributed by atoms with van der Waals surface area (Å²) in [6.45, 7) is 9.26. The van der Waals surface area contributed by atoms with Gasteiger partial charge in [-0.15, -0.1) is 11.8 Å². The minimum Gasteiger partial charge on any atom is -0.487 e. The fraction of sp³-hybridized carbons (Fsp3) is 0.273. The number of carbonyl (C=O) groups is 1.